The van der Waals surface area contributed by atoms with E-state index in [1.54, 1.807) is 56.9 Å². The Hall–Kier alpha value is -5.00. The number of nitrogens with zero attached hydrogens (tertiary/aromatic N) is 2. The van der Waals surface area contributed by atoms with E-state index in [-0.39, 0.29) is 31.4 Å². The zero-order chi connectivity index (χ0) is 38.6. The minimum atomic E-state index is -0.655. The summed E-state index contributed by atoms with van der Waals surface area (Å²) >= 11 is 0. The van der Waals surface area contributed by atoms with Gasteiger partial charge < -0.3 is 39.4 Å². The number of nitrogens with one attached hydrogen (secondary N) is 2. The van der Waals surface area contributed by atoms with Crippen molar-refractivity contribution in [2.45, 2.75) is 78.4 Å². The number of hydrogen-bond donors (Lipinski definition) is 2. The van der Waals surface area contributed by atoms with Crippen LogP contribution >= 0.6 is 0 Å². The molecule has 0 atom stereocenters. The summed E-state index contributed by atoms with van der Waals surface area (Å²) in [5.74, 6) is 1.05. The van der Waals surface area contributed by atoms with Crippen molar-refractivity contribution in [2.24, 2.45) is 0 Å². The van der Waals surface area contributed by atoms with Crippen LogP contribution < -0.4 is 20.1 Å². The molecule has 0 radical (unpaired) electrons. The molecule has 0 aliphatic heterocycles. The van der Waals surface area contributed by atoms with Crippen LogP contribution in [0.2, 0.25) is 0 Å². The Kier molecular flexibility index (Phi) is 18.3. The van der Waals surface area contributed by atoms with Crippen molar-refractivity contribution < 1.29 is 38.1 Å². The molecule has 12 heteroatoms. The molecule has 2 N–H and O–H groups in total. The van der Waals surface area contributed by atoms with Crippen LogP contribution in [0.4, 0.5) is 9.59 Å². The fourth-order valence-electron chi connectivity index (χ4n) is 4.77. The molecule has 2 aromatic rings. The van der Waals surface area contributed by atoms with Crippen molar-refractivity contribution in [3.8, 4) is 11.5 Å². The maximum atomic E-state index is 13.3. The highest BCUT2D eigenvalue weighted by molar-refractivity contribution is 5.92. The average molecular weight is 723 g/mol. The molecule has 0 saturated carbocycles. The normalized spacial score (nSPS) is 11.6. The maximum absolute atomic E-state index is 13.3. The van der Waals surface area contributed by atoms with Gasteiger partial charge in [0.2, 0.25) is 11.8 Å². The van der Waals surface area contributed by atoms with Crippen molar-refractivity contribution in [2.75, 3.05) is 53.5 Å². The lowest BCUT2D eigenvalue weighted by Gasteiger charge is -2.28. The predicted octanol–water partition coefficient (Wildman–Crippen LogP) is 6.70. The smallest absolute Gasteiger partial charge is 0.410 e. The number of benzene rings is 2. The SMILES string of the molecule is COc1ccc(/C=C/C(=O)NCCN(CCCCCCN(CCNC(=O)OC(C)(C)C)C(=O)OC(C)(C)C)C(=O)/C=C/c2ccc(OC)cc2)cc1. The third kappa shape index (κ3) is 18.8. The van der Waals surface area contributed by atoms with E-state index in [1.807, 2.05) is 69.3 Å². The molecule has 52 heavy (non-hydrogen) atoms. The second kappa shape index (κ2) is 22.0. The zero-order valence-corrected chi connectivity index (χ0v) is 32.2. The highest BCUT2D eigenvalue weighted by Gasteiger charge is 2.22. The number of ether oxygens (including phenoxy) is 4. The molecule has 0 saturated heterocycles. The molecule has 2 rings (SSSR count). The summed E-state index contributed by atoms with van der Waals surface area (Å²) in [6, 6.07) is 14.8. The molecule has 4 amide bonds. The Morgan fingerprint density at radius 2 is 1.06 bits per heavy atom. The first-order valence-electron chi connectivity index (χ1n) is 17.7. The van der Waals surface area contributed by atoms with Gasteiger partial charge >= 0.3 is 12.2 Å². The van der Waals surface area contributed by atoms with Crippen molar-refractivity contribution in [1.29, 1.82) is 0 Å². The monoisotopic (exact) mass is 722 g/mol. The van der Waals surface area contributed by atoms with Crippen LogP contribution in [0.3, 0.4) is 0 Å². The molecule has 0 bridgehead atoms. The van der Waals surface area contributed by atoms with E-state index in [4.69, 9.17) is 18.9 Å². The Morgan fingerprint density at radius 3 is 1.56 bits per heavy atom. The number of hydrogen-bond acceptors (Lipinski definition) is 8. The number of carbonyl (C=O) groups is 4. The quantitative estimate of drug-likeness (QED) is 0.121. The fourth-order valence-corrected chi connectivity index (χ4v) is 4.77. The van der Waals surface area contributed by atoms with E-state index in [0.29, 0.717) is 26.1 Å². The lowest BCUT2D eigenvalue weighted by Crippen LogP contribution is -2.42. The number of carbonyl (C=O) groups excluding carboxylic acids is 4. The molecule has 0 aliphatic rings. The topological polar surface area (TPSA) is 136 Å². The molecule has 0 heterocycles. The van der Waals surface area contributed by atoms with Gasteiger partial charge in [0, 0.05) is 51.4 Å². The van der Waals surface area contributed by atoms with E-state index < -0.39 is 23.4 Å². The van der Waals surface area contributed by atoms with Gasteiger partial charge in [0.1, 0.15) is 22.7 Å². The number of alkyl carbamates (subject to hydrolysis) is 1. The van der Waals surface area contributed by atoms with Gasteiger partial charge in [-0.15, -0.1) is 0 Å². The van der Waals surface area contributed by atoms with Gasteiger partial charge in [0.05, 0.1) is 14.2 Å². The lowest BCUT2D eigenvalue weighted by atomic mass is 10.1. The van der Waals surface area contributed by atoms with Gasteiger partial charge in [0.25, 0.3) is 0 Å². The van der Waals surface area contributed by atoms with E-state index in [1.165, 1.54) is 12.2 Å². The summed E-state index contributed by atoms with van der Waals surface area (Å²) < 4.78 is 21.3. The summed E-state index contributed by atoms with van der Waals surface area (Å²) in [6.45, 7) is 12.9. The summed E-state index contributed by atoms with van der Waals surface area (Å²) in [5, 5.41) is 5.56. The largest absolute Gasteiger partial charge is 0.497 e. The summed E-state index contributed by atoms with van der Waals surface area (Å²) in [6.07, 6.45) is 8.58. The van der Waals surface area contributed by atoms with Crippen LogP contribution in [0.25, 0.3) is 12.2 Å². The van der Waals surface area contributed by atoms with Gasteiger partial charge in [0.15, 0.2) is 0 Å². The average Bonchev–Trinajstić information content (AvgIpc) is 3.08. The molecular weight excluding hydrogens is 664 g/mol. The van der Waals surface area contributed by atoms with Crippen molar-refractivity contribution in [1.82, 2.24) is 20.4 Å². The third-order valence-corrected chi connectivity index (χ3v) is 7.38. The highest BCUT2D eigenvalue weighted by atomic mass is 16.6. The first-order chi connectivity index (χ1) is 24.6. The number of methoxy groups -OCH3 is 2. The molecule has 0 spiro atoms. The highest BCUT2D eigenvalue weighted by Crippen LogP contribution is 2.15. The van der Waals surface area contributed by atoms with Crippen LogP contribution in [-0.2, 0) is 19.1 Å². The first kappa shape index (κ1) is 43.2. The zero-order valence-electron chi connectivity index (χ0n) is 32.2. The third-order valence-electron chi connectivity index (χ3n) is 7.38. The van der Waals surface area contributed by atoms with Gasteiger partial charge in [-0.05, 0) is 102 Å². The van der Waals surface area contributed by atoms with E-state index in [0.717, 1.165) is 41.9 Å². The molecule has 2 aromatic carbocycles. The van der Waals surface area contributed by atoms with Crippen molar-refractivity contribution in [3.63, 3.8) is 0 Å². The van der Waals surface area contributed by atoms with Crippen LogP contribution in [-0.4, -0.2) is 98.5 Å². The number of rotatable bonds is 19. The molecule has 0 fully saturated rings. The van der Waals surface area contributed by atoms with Crippen molar-refractivity contribution >= 4 is 36.2 Å². The number of unbranched alkanes of at least 4 members (excludes halogenated alkanes) is 3. The fraction of sp³-hybridized carbons (Fsp3) is 0.500. The Bertz CT molecular complexity index is 1460. The van der Waals surface area contributed by atoms with Crippen LogP contribution in [0, 0.1) is 0 Å². The Balaban J connectivity index is 1.93. The van der Waals surface area contributed by atoms with E-state index in [9.17, 15) is 19.2 Å². The van der Waals surface area contributed by atoms with E-state index in [2.05, 4.69) is 10.6 Å². The second-order valence-electron chi connectivity index (χ2n) is 14.1. The Labute approximate surface area is 309 Å². The molecule has 12 nitrogen and oxygen atoms in total. The lowest BCUT2D eigenvalue weighted by molar-refractivity contribution is -0.126. The van der Waals surface area contributed by atoms with Gasteiger partial charge in [-0.3, -0.25) is 9.59 Å². The summed E-state index contributed by atoms with van der Waals surface area (Å²) in [5.41, 5.74) is 0.453. The standard InChI is InChI=1S/C40H58N4O8/c1-39(2,3)51-37(47)42-26-30-44(38(48)52-40(4,5)6)28-12-10-9-11-27-43(36(46)24-18-32-15-21-34(50-8)22-16-32)29-25-41-35(45)23-17-31-13-19-33(49-7)20-14-31/h13-24H,9-12,25-30H2,1-8H3,(H,41,45)(H,42,47)/b23-17+,24-18+. The van der Waals surface area contributed by atoms with Gasteiger partial charge in [-0.2, -0.15) is 0 Å². The van der Waals surface area contributed by atoms with Crippen LogP contribution in [0.5, 0.6) is 11.5 Å². The van der Waals surface area contributed by atoms with E-state index >= 15 is 0 Å². The van der Waals surface area contributed by atoms with Crippen molar-refractivity contribution in [3.05, 3.63) is 71.8 Å². The second-order valence-corrected chi connectivity index (χ2v) is 14.1. The summed E-state index contributed by atoms with van der Waals surface area (Å²) in [7, 11) is 3.20. The van der Waals surface area contributed by atoms with Crippen LogP contribution in [0.1, 0.15) is 78.4 Å². The van der Waals surface area contributed by atoms with Crippen LogP contribution in [0.15, 0.2) is 60.7 Å². The Morgan fingerprint density at radius 1 is 0.596 bits per heavy atom. The maximum Gasteiger partial charge on any atom is 0.410 e. The molecule has 0 aromatic heterocycles. The number of amides is 4. The molecule has 0 aliphatic carbocycles. The van der Waals surface area contributed by atoms with Gasteiger partial charge in [-0.25, -0.2) is 9.59 Å². The van der Waals surface area contributed by atoms with Gasteiger partial charge in [-0.1, -0.05) is 37.1 Å². The molecule has 286 valence electrons. The summed E-state index contributed by atoms with van der Waals surface area (Å²) in [4.78, 5) is 54.1. The first-order valence-corrected chi connectivity index (χ1v) is 17.7. The predicted molar refractivity (Wildman–Crippen MR) is 204 cm³/mol. The molecular formula is C40H58N4O8. The molecule has 0 unspecified atom stereocenters. The minimum Gasteiger partial charge on any atom is -0.497 e. The minimum absolute atomic E-state index is 0.160.